The number of nitrogens with one attached hydrogen (secondary N) is 1. The van der Waals surface area contributed by atoms with Crippen LogP contribution in [0.3, 0.4) is 0 Å². The zero-order chi connectivity index (χ0) is 15.4. The number of hydrogen-bond acceptors (Lipinski definition) is 3. The lowest BCUT2D eigenvalue weighted by Gasteiger charge is -2.10. The molecule has 1 heterocycles. The third kappa shape index (κ3) is 2.97. The highest BCUT2D eigenvalue weighted by Gasteiger charge is 2.06. The molecule has 3 aromatic rings. The van der Waals surface area contributed by atoms with Gasteiger partial charge in [-0.05, 0) is 48.9 Å². The van der Waals surface area contributed by atoms with E-state index in [0.717, 1.165) is 28.2 Å². The van der Waals surface area contributed by atoms with Crippen LogP contribution in [-0.2, 0) is 0 Å². The molecule has 0 spiro atoms. The number of nitriles is 1. The summed E-state index contributed by atoms with van der Waals surface area (Å²) in [6.45, 7) is 2.03. The summed E-state index contributed by atoms with van der Waals surface area (Å²) in [5, 5.41) is 12.7. The second-order valence-corrected chi connectivity index (χ2v) is 5.08. The molecule has 0 aliphatic rings. The van der Waals surface area contributed by atoms with Crippen LogP contribution in [0.4, 0.5) is 11.4 Å². The molecule has 0 saturated heterocycles. The molecule has 0 bridgehead atoms. The standard InChI is InChI=1S/C19H15N3/c1-14-9-10-21-19(11-14)15-7-8-18(16(12-15)13-20)22-17-5-3-2-4-6-17/h2-12,22H,1H3. The molecule has 3 heteroatoms. The number of rotatable bonds is 3. The number of aryl methyl sites for hydroxylation is 1. The molecule has 0 saturated carbocycles. The number of aromatic nitrogens is 1. The normalized spacial score (nSPS) is 10.0. The van der Waals surface area contributed by atoms with Crippen LogP contribution in [0.25, 0.3) is 11.3 Å². The highest BCUT2D eigenvalue weighted by molar-refractivity contribution is 5.72. The summed E-state index contributed by atoms with van der Waals surface area (Å²) in [5.41, 5.74) is 5.33. The number of anilines is 2. The van der Waals surface area contributed by atoms with Crippen molar-refractivity contribution >= 4 is 11.4 Å². The molecule has 0 fully saturated rings. The van der Waals surface area contributed by atoms with Gasteiger partial charge in [0.15, 0.2) is 0 Å². The van der Waals surface area contributed by atoms with Crippen LogP contribution in [-0.4, -0.2) is 4.98 Å². The van der Waals surface area contributed by atoms with E-state index in [4.69, 9.17) is 0 Å². The molecular formula is C19H15N3. The summed E-state index contributed by atoms with van der Waals surface area (Å²) in [4.78, 5) is 4.37. The van der Waals surface area contributed by atoms with Gasteiger partial charge >= 0.3 is 0 Å². The topological polar surface area (TPSA) is 48.7 Å². The lowest BCUT2D eigenvalue weighted by Crippen LogP contribution is -1.94. The van der Waals surface area contributed by atoms with Gasteiger partial charge in [0.05, 0.1) is 16.9 Å². The minimum Gasteiger partial charge on any atom is -0.354 e. The van der Waals surface area contributed by atoms with E-state index in [9.17, 15) is 5.26 Å². The van der Waals surface area contributed by atoms with Crippen molar-refractivity contribution in [2.75, 3.05) is 5.32 Å². The van der Waals surface area contributed by atoms with Crippen molar-refractivity contribution < 1.29 is 0 Å². The summed E-state index contributed by atoms with van der Waals surface area (Å²) in [6, 6.07) is 21.8. The van der Waals surface area contributed by atoms with Gasteiger partial charge in [-0.3, -0.25) is 4.98 Å². The number of para-hydroxylation sites is 1. The number of benzene rings is 2. The van der Waals surface area contributed by atoms with Crippen LogP contribution in [0.1, 0.15) is 11.1 Å². The monoisotopic (exact) mass is 285 g/mol. The Labute approximate surface area is 129 Å². The van der Waals surface area contributed by atoms with Gasteiger partial charge in [-0.1, -0.05) is 24.3 Å². The second kappa shape index (κ2) is 6.11. The van der Waals surface area contributed by atoms with Gasteiger partial charge in [0.25, 0.3) is 0 Å². The fraction of sp³-hybridized carbons (Fsp3) is 0.0526. The SMILES string of the molecule is Cc1ccnc(-c2ccc(Nc3ccccc3)c(C#N)c2)c1. The number of hydrogen-bond donors (Lipinski definition) is 1. The molecule has 1 N–H and O–H groups in total. The predicted octanol–water partition coefficient (Wildman–Crippen LogP) is 4.67. The Morgan fingerprint density at radius 2 is 1.82 bits per heavy atom. The number of pyridine rings is 1. The van der Waals surface area contributed by atoms with E-state index in [2.05, 4.69) is 16.4 Å². The molecule has 0 radical (unpaired) electrons. The summed E-state index contributed by atoms with van der Waals surface area (Å²) in [7, 11) is 0. The summed E-state index contributed by atoms with van der Waals surface area (Å²) < 4.78 is 0. The Balaban J connectivity index is 1.96. The van der Waals surface area contributed by atoms with Gasteiger partial charge in [-0.2, -0.15) is 5.26 Å². The van der Waals surface area contributed by atoms with Crippen molar-refractivity contribution in [1.82, 2.24) is 4.98 Å². The average molecular weight is 285 g/mol. The second-order valence-electron chi connectivity index (χ2n) is 5.08. The van der Waals surface area contributed by atoms with E-state index in [1.165, 1.54) is 0 Å². The van der Waals surface area contributed by atoms with Gasteiger partial charge in [0.2, 0.25) is 0 Å². The van der Waals surface area contributed by atoms with Crippen molar-refractivity contribution in [3.05, 3.63) is 78.0 Å². The van der Waals surface area contributed by atoms with Gasteiger partial charge in [-0.15, -0.1) is 0 Å². The van der Waals surface area contributed by atoms with Crippen LogP contribution < -0.4 is 5.32 Å². The molecule has 106 valence electrons. The van der Waals surface area contributed by atoms with Crippen LogP contribution in [0.5, 0.6) is 0 Å². The maximum atomic E-state index is 9.41. The molecule has 0 aliphatic carbocycles. The average Bonchev–Trinajstić information content (AvgIpc) is 2.56. The molecule has 1 aromatic heterocycles. The molecule has 2 aromatic carbocycles. The smallest absolute Gasteiger partial charge is 0.101 e. The predicted molar refractivity (Wildman–Crippen MR) is 88.8 cm³/mol. The fourth-order valence-electron chi connectivity index (χ4n) is 2.28. The van der Waals surface area contributed by atoms with Gasteiger partial charge in [0.1, 0.15) is 6.07 Å². The molecule has 22 heavy (non-hydrogen) atoms. The van der Waals surface area contributed by atoms with Crippen molar-refractivity contribution in [1.29, 1.82) is 5.26 Å². The van der Waals surface area contributed by atoms with Crippen LogP contribution in [0.2, 0.25) is 0 Å². The van der Waals surface area contributed by atoms with Crippen LogP contribution >= 0.6 is 0 Å². The van der Waals surface area contributed by atoms with Crippen LogP contribution in [0, 0.1) is 18.3 Å². The first-order valence-corrected chi connectivity index (χ1v) is 7.05. The highest BCUT2D eigenvalue weighted by Crippen LogP contribution is 2.26. The molecule has 3 nitrogen and oxygen atoms in total. The van der Waals surface area contributed by atoms with Gasteiger partial charge in [0, 0.05) is 17.4 Å². The number of nitrogens with zero attached hydrogens (tertiary/aromatic N) is 2. The Kier molecular flexibility index (Phi) is 3.84. The fourth-order valence-corrected chi connectivity index (χ4v) is 2.28. The van der Waals surface area contributed by atoms with E-state index in [0.29, 0.717) is 5.56 Å². The highest BCUT2D eigenvalue weighted by atomic mass is 14.9. The van der Waals surface area contributed by atoms with Gasteiger partial charge < -0.3 is 5.32 Å². The molecule has 0 aliphatic heterocycles. The Morgan fingerprint density at radius 3 is 2.55 bits per heavy atom. The molecule has 0 amide bonds. The van der Waals surface area contributed by atoms with E-state index < -0.39 is 0 Å². The first-order valence-electron chi connectivity index (χ1n) is 7.05. The maximum absolute atomic E-state index is 9.41. The van der Waals surface area contributed by atoms with E-state index >= 15 is 0 Å². The minimum atomic E-state index is 0.602. The van der Waals surface area contributed by atoms with E-state index in [1.807, 2.05) is 67.6 Å². The first-order chi connectivity index (χ1) is 10.8. The third-order valence-electron chi connectivity index (χ3n) is 3.40. The molecule has 3 rings (SSSR count). The van der Waals surface area contributed by atoms with Gasteiger partial charge in [-0.25, -0.2) is 0 Å². The summed E-state index contributed by atoms with van der Waals surface area (Å²) >= 11 is 0. The lowest BCUT2D eigenvalue weighted by molar-refractivity contribution is 1.28. The summed E-state index contributed by atoms with van der Waals surface area (Å²) in [6.07, 6.45) is 1.78. The molecule has 0 atom stereocenters. The van der Waals surface area contributed by atoms with Crippen molar-refractivity contribution in [2.24, 2.45) is 0 Å². The van der Waals surface area contributed by atoms with E-state index in [-0.39, 0.29) is 0 Å². The van der Waals surface area contributed by atoms with Crippen molar-refractivity contribution in [3.8, 4) is 17.3 Å². The lowest BCUT2D eigenvalue weighted by atomic mass is 10.0. The minimum absolute atomic E-state index is 0.602. The Morgan fingerprint density at radius 1 is 1.00 bits per heavy atom. The largest absolute Gasteiger partial charge is 0.354 e. The first kappa shape index (κ1) is 13.8. The Bertz CT molecular complexity index is 833. The maximum Gasteiger partial charge on any atom is 0.101 e. The van der Waals surface area contributed by atoms with Crippen LogP contribution in [0.15, 0.2) is 66.9 Å². The zero-order valence-electron chi connectivity index (χ0n) is 12.2. The Hall–Kier alpha value is -3.12. The van der Waals surface area contributed by atoms with Crippen molar-refractivity contribution in [3.63, 3.8) is 0 Å². The quantitative estimate of drug-likeness (QED) is 0.760. The zero-order valence-corrected chi connectivity index (χ0v) is 12.2. The third-order valence-corrected chi connectivity index (χ3v) is 3.40. The molecule has 0 unspecified atom stereocenters. The van der Waals surface area contributed by atoms with Crippen molar-refractivity contribution in [2.45, 2.75) is 6.92 Å². The molecular weight excluding hydrogens is 270 g/mol. The van der Waals surface area contributed by atoms with E-state index in [1.54, 1.807) is 6.20 Å². The summed E-state index contributed by atoms with van der Waals surface area (Å²) in [5.74, 6) is 0.